The molecule has 4 nitrogen and oxygen atoms in total. The Morgan fingerprint density at radius 1 is 1.26 bits per heavy atom. The Labute approximate surface area is 112 Å². The summed E-state index contributed by atoms with van der Waals surface area (Å²) in [7, 11) is 0. The third-order valence-electron chi connectivity index (χ3n) is 3.41. The monoisotopic (exact) mass is 258 g/mol. The van der Waals surface area contributed by atoms with Crippen LogP contribution in [0.1, 0.15) is 30.5 Å². The van der Waals surface area contributed by atoms with Gasteiger partial charge in [0, 0.05) is 11.1 Å². The van der Waals surface area contributed by atoms with Crippen LogP contribution in [0.25, 0.3) is 11.3 Å². The number of hydrogen-bond donors (Lipinski definition) is 1. The van der Waals surface area contributed by atoms with Crippen LogP contribution in [0.2, 0.25) is 0 Å². The van der Waals surface area contributed by atoms with Crippen LogP contribution < -0.4 is 5.73 Å². The standard InChI is InChI=1S/C15H18N2O2/c1-9(2)5-13-14(19-17-15(13)16)10-3-4-11-7-18-8-12(11)6-10/h3-4,6,9H,5,7-8H2,1-2H3,(H2,16,17). The van der Waals surface area contributed by atoms with Gasteiger partial charge in [-0.1, -0.05) is 31.1 Å². The van der Waals surface area contributed by atoms with Crippen LogP contribution in [0.15, 0.2) is 22.7 Å². The Morgan fingerprint density at radius 3 is 2.84 bits per heavy atom. The van der Waals surface area contributed by atoms with Crippen molar-refractivity contribution in [3.05, 3.63) is 34.9 Å². The van der Waals surface area contributed by atoms with Crippen molar-refractivity contribution >= 4 is 5.82 Å². The number of anilines is 1. The molecule has 1 aliphatic rings. The molecule has 0 saturated carbocycles. The second kappa shape index (κ2) is 4.70. The number of hydrogen-bond acceptors (Lipinski definition) is 4. The van der Waals surface area contributed by atoms with Gasteiger partial charge < -0.3 is 15.0 Å². The molecule has 0 spiro atoms. The second-order valence-electron chi connectivity index (χ2n) is 5.45. The van der Waals surface area contributed by atoms with Gasteiger partial charge in [0.25, 0.3) is 0 Å². The first-order chi connectivity index (χ1) is 9.15. The molecule has 3 rings (SSSR count). The molecule has 1 aliphatic heterocycles. The average Bonchev–Trinajstić information content (AvgIpc) is 2.96. The smallest absolute Gasteiger partial charge is 0.172 e. The molecule has 19 heavy (non-hydrogen) atoms. The van der Waals surface area contributed by atoms with Crippen molar-refractivity contribution in [1.29, 1.82) is 0 Å². The van der Waals surface area contributed by atoms with Gasteiger partial charge >= 0.3 is 0 Å². The van der Waals surface area contributed by atoms with Crippen LogP contribution in [0.4, 0.5) is 5.82 Å². The maximum absolute atomic E-state index is 5.91. The summed E-state index contributed by atoms with van der Waals surface area (Å²) >= 11 is 0. The molecule has 0 saturated heterocycles. The van der Waals surface area contributed by atoms with Crippen LogP contribution in [-0.4, -0.2) is 5.16 Å². The highest BCUT2D eigenvalue weighted by Crippen LogP contribution is 2.32. The molecule has 0 aliphatic carbocycles. The van der Waals surface area contributed by atoms with Gasteiger partial charge in [0.2, 0.25) is 0 Å². The van der Waals surface area contributed by atoms with Crippen molar-refractivity contribution in [2.24, 2.45) is 5.92 Å². The second-order valence-corrected chi connectivity index (χ2v) is 5.45. The van der Waals surface area contributed by atoms with Gasteiger partial charge in [-0.25, -0.2) is 0 Å². The fourth-order valence-electron chi connectivity index (χ4n) is 2.47. The van der Waals surface area contributed by atoms with E-state index in [0.29, 0.717) is 24.9 Å². The summed E-state index contributed by atoms with van der Waals surface area (Å²) in [5, 5.41) is 3.91. The van der Waals surface area contributed by atoms with Gasteiger partial charge in [-0.05, 0) is 29.5 Å². The predicted molar refractivity (Wildman–Crippen MR) is 73.4 cm³/mol. The Morgan fingerprint density at radius 2 is 2.05 bits per heavy atom. The Kier molecular flexibility index (Phi) is 3.03. The number of nitrogens with two attached hydrogens (primary N) is 1. The van der Waals surface area contributed by atoms with Crippen molar-refractivity contribution < 1.29 is 9.26 Å². The molecule has 0 fully saturated rings. The third-order valence-corrected chi connectivity index (χ3v) is 3.41. The van der Waals surface area contributed by atoms with E-state index < -0.39 is 0 Å². The topological polar surface area (TPSA) is 61.3 Å². The van der Waals surface area contributed by atoms with Crippen molar-refractivity contribution in [2.75, 3.05) is 5.73 Å². The molecule has 4 heteroatoms. The quantitative estimate of drug-likeness (QED) is 0.918. The fourth-order valence-corrected chi connectivity index (χ4v) is 2.47. The average molecular weight is 258 g/mol. The zero-order valence-electron chi connectivity index (χ0n) is 11.3. The highest BCUT2D eigenvalue weighted by molar-refractivity contribution is 5.67. The summed E-state index contributed by atoms with van der Waals surface area (Å²) in [5.74, 6) is 1.81. The van der Waals surface area contributed by atoms with Crippen molar-refractivity contribution in [1.82, 2.24) is 5.16 Å². The summed E-state index contributed by atoms with van der Waals surface area (Å²) in [6.07, 6.45) is 0.873. The number of nitrogens with zero attached hydrogens (tertiary/aromatic N) is 1. The molecule has 2 heterocycles. The molecule has 0 bridgehead atoms. The number of benzene rings is 1. The Bertz CT molecular complexity index is 602. The predicted octanol–water partition coefficient (Wildman–Crippen LogP) is 3.15. The van der Waals surface area contributed by atoms with E-state index in [1.807, 2.05) is 0 Å². The van der Waals surface area contributed by atoms with E-state index in [1.54, 1.807) is 0 Å². The maximum Gasteiger partial charge on any atom is 0.172 e. The molecule has 0 unspecified atom stereocenters. The summed E-state index contributed by atoms with van der Waals surface area (Å²) in [5.41, 5.74) is 10.4. The molecular weight excluding hydrogens is 240 g/mol. The summed E-state index contributed by atoms with van der Waals surface area (Å²) in [6, 6.07) is 6.26. The molecule has 1 aromatic carbocycles. The molecule has 100 valence electrons. The van der Waals surface area contributed by atoms with Crippen LogP contribution in [0.5, 0.6) is 0 Å². The van der Waals surface area contributed by atoms with E-state index in [1.165, 1.54) is 11.1 Å². The van der Waals surface area contributed by atoms with E-state index in [9.17, 15) is 0 Å². The van der Waals surface area contributed by atoms with Gasteiger partial charge in [-0.15, -0.1) is 0 Å². The maximum atomic E-state index is 5.91. The lowest BCUT2D eigenvalue weighted by atomic mass is 9.98. The molecular formula is C15H18N2O2. The number of nitrogen functional groups attached to an aromatic ring is 1. The molecule has 0 atom stereocenters. The van der Waals surface area contributed by atoms with Gasteiger partial charge in [-0.3, -0.25) is 0 Å². The normalized spacial score (nSPS) is 14.1. The van der Waals surface area contributed by atoms with Gasteiger partial charge in [-0.2, -0.15) is 0 Å². The van der Waals surface area contributed by atoms with Crippen LogP contribution in [0, 0.1) is 5.92 Å². The number of ether oxygens (including phenoxy) is 1. The molecule has 0 amide bonds. The van der Waals surface area contributed by atoms with Gasteiger partial charge in [0.15, 0.2) is 11.6 Å². The summed E-state index contributed by atoms with van der Waals surface area (Å²) in [4.78, 5) is 0. The van der Waals surface area contributed by atoms with Crippen LogP contribution >= 0.6 is 0 Å². The molecule has 2 N–H and O–H groups in total. The van der Waals surface area contributed by atoms with Crippen LogP contribution in [0.3, 0.4) is 0 Å². The fraction of sp³-hybridized carbons (Fsp3) is 0.400. The largest absolute Gasteiger partial charge is 0.381 e. The van der Waals surface area contributed by atoms with Crippen molar-refractivity contribution in [3.63, 3.8) is 0 Å². The lowest BCUT2D eigenvalue weighted by molar-refractivity contribution is 0.134. The first-order valence-corrected chi connectivity index (χ1v) is 6.59. The molecule has 2 aromatic rings. The van der Waals surface area contributed by atoms with Gasteiger partial charge in [0.1, 0.15) is 0 Å². The SMILES string of the molecule is CC(C)Cc1c(N)noc1-c1ccc2c(c1)COC2. The minimum Gasteiger partial charge on any atom is -0.381 e. The summed E-state index contributed by atoms with van der Waals surface area (Å²) < 4.78 is 10.9. The zero-order chi connectivity index (χ0) is 13.4. The van der Waals surface area contributed by atoms with Crippen molar-refractivity contribution in [3.8, 4) is 11.3 Å². The Hall–Kier alpha value is -1.81. The van der Waals surface area contributed by atoms with Crippen LogP contribution in [-0.2, 0) is 24.4 Å². The third kappa shape index (κ3) is 2.24. The molecule has 1 aromatic heterocycles. The van der Waals surface area contributed by atoms with Crippen molar-refractivity contribution in [2.45, 2.75) is 33.5 Å². The Balaban J connectivity index is 2.02. The number of fused-ring (bicyclic) bond motifs is 1. The summed E-state index contributed by atoms with van der Waals surface area (Å²) in [6.45, 7) is 5.69. The minimum atomic E-state index is 0.500. The van der Waals surface area contributed by atoms with E-state index in [0.717, 1.165) is 23.3 Å². The lowest BCUT2D eigenvalue weighted by Gasteiger charge is -2.06. The lowest BCUT2D eigenvalue weighted by Crippen LogP contribution is -1.99. The molecule has 0 radical (unpaired) electrons. The van der Waals surface area contributed by atoms with E-state index in [2.05, 4.69) is 37.2 Å². The number of aromatic nitrogens is 1. The minimum absolute atomic E-state index is 0.500. The number of rotatable bonds is 3. The highest BCUT2D eigenvalue weighted by atomic mass is 16.5. The van der Waals surface area contributed by atoms with Gasteiger partial charge in [0.05, 0.1) is 13.2 Å². The highest BCUT2D eigenvalue weighted by Gasteiger charge is 2.19. The van der Waals surface area contributed by atoms with E-state index in [-0.39, 0.29) is 0 Å². The first-order valence-electron chi connectivity index (χ1n) is 6.59. The first kappa shape index (κ1) is 12.2. The van der Waals surface area contributed by atoms with E-state index in [4.69, 9.17) is 15.0 Å². The zero-order valence-corrected chi connectivity index (χ0v) is 11.3. The van der Waals surface area contributed by atoms with E-state index >= 15 is 0 Å².